The molecule has 5 heteroatoms. The van der Waals surface area contributed by atoms with Crippen molar-refractivity contribution in [1.82, 2.24) is 9.80 Å². The molecule has 0 unspecified atom stereocenters. The third-order valence-electron chi connectivity index (χ3n) is 4.21. The summed E-state index contributed by atoms with van der Waals surface area (Å²) in [5, 5.41) is 0. The second kappa shape index (κ2) is 6.35. The highest BCUT2D eigenvalue weighted by atomic mass is 16.2. The number of anilines is 2. The maximum atomic E-state index is 12.8. The van der Waals surface area contributed by atoms with Crippen molar-refractivity contribution in [2.45, 2.75) is 18.9 Å². The average molecular weight is 290 g/mol. The van der Waals surface area contributed by atoms with Crippen molar-refractivity contribution < 1.29 is 4.79 Å². The predicted molar refractivity (Wildman–Crippen MR) is 87.8 cm³/mol. The number of hydrogen-bond donors (Lipinski definition) is 1. The van der Waals surface area contributed by atoms with Gasteiger partial charge in [0, 0.05) is 44.6 Å². The number of piperidine rings is 1. The van der Waals surface area contributed by atoms with Gasteiger partial charge in [-0.25, -0.2) is 0 Å². The fraction of sp³-hybridized carbons (Fsp3) is 0.562. The van der Waals surface area contributed by atoms with Gasteiger partial charge in [-0.15, -0.1) is 0 Å². The van der Waals surface area contributed by atoms with Crippen molar-refractivity contribution in [3.05, 3.63) is 23.8 Å². The standard InChI is InChI=1S/C16H26N4O/c1-18(2)13-7-9-20(10-8-13)16(21)14-11-12(17)5-6-15(14)19(3)4/h5-6,11,13H,7-10,17H2,1-4H3. The highest BCUT2D eigenvalue weighted by molar-refractivity contribution is 6.00. The first-order valence-corrected chi connectivity index (χ1v) is 7.42. The van der Waals surface area contributed by atoms with Crippen LogP contribution in [0.4, 0.5) is 11.4 Å². The van der Waals surface area contributed by atoms with E-state index in [0.717, 1.165) is 31.6 Å². The van der Waals surface area contributed by atoms with Crippen LogP contribution in [0.5, 0.6) is 0 Å². The van der Waals surface area contributed by atoms with Crippen LogP contribution in [0.15, 0.2) is 18.2 Å². The van der Waals surface area contributed by atoms with E-state index in [1.54, 1.807) is 6.07 Å². The topological polar surface area (TPSA) is 52.8 Å². The molecular weight excluding hydrogens is 264 g/mol. The van der Waals surface area contributed by atoms with Crippen molar-refractivity contribution in [1.29, 1.82) is 0 Å². The molecule has 1 aliphatic heterocycles. The van der Waals surface area contributed by atoms with Crippen LogP contribution < -0.4 is 10.6 Å². The molecule has 1 fully saturated rings. The number of nitrogens with two attached hydrogens (primary N) is 1. The van der Waals surface area contributed by atoms with Gasteiger partial charge in [0.1, 0.15) is 0 Å². The number of carbonyl (C=O) groups excluding carboxylic acids is 1. The van der Waals surface area contributed by atoms with Gasteiger partial charge >= 0.3 is 0 Å². The number of carbonyl (C=O) groups is 1. The van der Waals surface area contributed by atoms with E-state index in [0.29, 0.717) is 17.3 Å². The molecule has 1 amide bonds. The molecule has 0 bridgehead atoms. The van der Waals surface area contributed by atoms with Crippen LogP contribution in [0.2, 0.25) is 0 Å². The van der Waals surface area contributed by atoms with Gasteiger partial charge in [0.05, 0.1) is 5.56 Å². The van der Waals surface area contributed by atoms with Gasteiger partial charge < -0.3 is 20.4 Å². The van der Waals surface area contributed by atoms with Gasteiger partial charge in [-0.05, 0) is 45.1 Å². The molecule has 0 saturated carbocycles. The summed E-state index contributed by atoms with van der Waals surface area (Å²) < 4.78 is 0. The molecule has 0 aliphatic carbocycles. The van der Waals surface area contributed by atoms with E-state index >= 15 is 0 Å². The van der Waals surface area contributed by atoms with Crippen LogP contribution in [0, 0.1) is 0 Å². The Hall–Kier alpha value is -1.75. The first-order valence-electron chi connectivity index (χ1n) is 7.42. The largest absolute Gasteiger partial charge is 0.399 e. The summed E-state index contributed by atoms with van der Waals surface area (Å²) in [7, 11) is 8.09. The van der Waals surface area contributed by atoms with E-state index in [1.165, 1.54) is 0 Å². The maximum Gasteiger partial charge on any atom is 0.256 e. The van der Waals surface area contributed by atoms with E-state index in [2.05, 4.69) is 19.0 Å². The Morgan fingerprint density at radius 3 is 2.33 bits per heavy atom. The number of rotatable bonds is 3. The van der Waals surface area contributed by atoms with E-state index in [1.807, 2.05) is 36.0 Å². The Labute approximate surface area is 127 Å². The quantitative estimate of drug-likeness (QED) is 0.857. The Morgan fingerprint density at radius 2 is 1.81 bits per heavy atom. The van der Waals surface area contributed by atoms with Crippen LogP contribution in [0.3, 0.4) is 0 Å². The average Bonchev–Trinajstić information content (AvgIpc) is 2.46. The molecule has 2 rings (SSSR count). The Kier molecular flexibility index (Phi) is 4.73. The number of likely N-dealkylation sites (tertiary alicyclic amines) is 1. The molecular formula is C16H26N4O. The second-order valence-corrected chi connectivity index (χ2v) is 6.16. The molecule has 5 nitrogen and oxygen atoms in total. The van der Waals surface area contributed by atoms with Gasteiger partial charge in [-0.2, -0.15) is 0 Å². The Balaban J connectivity index is 2.16. The zero-order valence-corrected chi connectivity index (χ0v) is 13.5. The molecule has 21 heavy (non-hydrogen) atoms. The SMILES string of the molecule is CN(C)c1ccc(N)cc1C(=O)N1CCC(N(C)C)CC1. The normalized spacial score (nSPS) is 16.3. The lowest BCUT2D eigenvalue weighted by molar-refractivity contribution is 0.0664. The van der Waals surface area contributed by atoms with Crippen molar-refractivity contribution in [2.75, 3.05) is 51.9 Å². The van der Waals surface area contributed by atoms with Crippen LogP contribution in [-0.4, -0.2) is 63.0 Å². The molecule has 1 aromatic carbocycles. The van der Waals surface area contributed by atoms with Crippen molar-refractivity contribution in [2.24, 2.45) is 0 Å². The summed E-state index contributed by atoms with van der Waals surface area (Å²) >= 11 is 0. The van der Waals surface area contributed by atoms with Crippen LogP contribution in [0.1, 0.15) is 23.2 Å². The van der Waals surface area contributed by atoms with Gasteiger partial charge in [-0.3, -0.25) is 4.79 Å². The van der Waals surface area contributed by atoms with Gasteiger partial charge in [0.2, 0.25) is 0 Å². The van der Waals surface area contributed by atoms with E-state index < -0.39 is 0 Å². The number of nitrogens with zero attached hydrogens (tertiary/aromatic N) is 3. The summed E-state index contributed by atoms with van der Waals surface area (Å²) in [6.45, 7) is 1.62. The fourth-order valence-corrected chi connectivity index (χ4v) is 2.87. The summed E-state index contributed by atoms with van der Waals surface area (Å²) in [5.41, 5.74) is 8.11. The number of amides is 1. The van der Waals surface area contributed by atoms with Crippen LogP contribution >= 0.6 is 0 Å². The smallest absolute Gasteiger partial charge is 0.256 e. The van der Waals surface area contributed by atoms with Crippen LogP contribution in [-0.2, 0) is 0 Å². The Morgan fingerprint density at radius 1 is 1.19 bits per heavy atom. The molecule has 0 radical (unpaired) electrons. The summed E-state index contributed by atoms with van der Waals surface area (Å²) in [6, 6.07) is 6.11. The molecule has 1 aliphatic rings. The van der Waals surface area contributed by atoms with Gasteiger partial charge in [-0.1, -0.05) is 0 Å². The minimum atomic E-state index is 0.0863. The summed E-state index contributed by atoms with van der Waals surface area (Å²) in [5.74, 6) is 0.0863. The monoisotopic (exact) mass is 290 g/mol. The molecule has 0 aromatic heterocycles. The number of benzene rings is 1. The summed E-state index contributed by atoms with van der Waals surface area (Å²) in [4.78, 5) is 18.9. The van der Waals surface area contributed by atoms with E-state index in [9.17, 15) is 4.79 Å². The third kappa shape index (κ3) is 3.47. The lowest BCUT2D eigenvalue weighted by Crippen LogP contribution is -2.44. The highest BCUT2D eigenvalue weighted by Crippen LogP contribution is 2.25. The zero-order chi connectivity index (χ0) is 15.6. The second-order valence-electron chi connectivity index (χ2n) is 6.16. The Bertz CT molecular complexity index is 505. The van der Waals surface area contributed by atoms with Crippen molar-refractivity contribution in [3.63, 3.8) is 0 Å². The molecule has 1 aromatic rings. The summed E-state index contributed by atoms with van der Waals surface area (Å²) in [6.07, 6.45) is 2.05. The molecule has 1 heterocycles. The number of nitrogen functional groups attached to an aromatic ring is 1. The fourth-order valence-electron chi connectivity index (χ4n) is 2.87. The highest BCUT2D eigenvalue weighted by Gasteiger charge is 2.26. The van der Waals surface area contributed by atoms with Crippen LogP contribution in [0.25, 0.3) is 0 Å². The van der Waals surface area contributed by atoms with Crippen molar-refractivity contribution >= 4 is 17.3 Å². The first-order chi connectivity index (χ1) is 9.90. The maximum absolute atomic E-state index is 12.8. The van der Waals surface area contributed by atoms with E-state index in [-0.39, 0.29) is 5.91 Å². The molecule has 1 saturated heterocycles. The lowest BCUT2D eigenvalue weighted by Gasteiger charge is -2.35. The minimum absolute atomic E-state index is 0.0863. The predicted octanol–water partition coefficient (Wildman–Crippen LogP) is 1.50. The molecule has 2 N–H and O–H groups in total. The van der Waals surface area contributed by atoms with Gasteiger partial charge in [0.15, 0.2) is 0 Å². The molecule has 0 atom stereocenters. The minimum Gasteiger partial charge on any atom is -0.399 e. The molecule has 0 spiro atoms. The van der Waals surface area contributed by atoms with Gasteiger partial charge in [0.25, 0.3) is 5.91 Å². The molecule has 116 valence electrons. The van der Waals surface area contributed by atoms with E-state index in [4.69, 9.17) is 5.73 Å². The third-order valence-corrected chi connectivity index (χ3v) is 4.21. The lowest BCUT2D eigenvalue weighted by atomic mass is 10.0. The van der Waals surface area contributed by atoms with Crippen molar-refractivity contribution in [3.8, 4) is 0 Å². The zero-order valence-electron chi connectivity index (χ0n) is 13.5. The first kappa shape index (κ1) is 15.6. The number of hydrogen-bond acceptors (Lipinski definition) is 4.